The largest absolute Gasteiger partial charge is 0.398 e. The van der Waals surface area contributed by atoms with Gasteiger partial charge >= 0.3 is 0 Å². The summed E-state index contributed by atoms with van der Waals surface area (Å²) in [5, 5.41) is 0. The van der Waals surface area contributed by atoms with Crippen LogP contribution in [0.5, 0.6) is 0 Å². The minimum atomic E-state index is -0.638. The smallest absolute Gasteiger partial charge is 0.270 e. The Morgan fingerprint density at radius 1 is 1.27 bits per heavy atom. The van der Waals surface area contributed by atoms with Gasteiger partial charge in [0.05, 0.1) is 11.1 Å². The summed E-state index contributed by atoms with van der Waals surface area (Å²) in [5.74, 6) is -1.84. The van der Waals surface area contributed by atoms with Gasteiger partial charge in [-0.3, -0.25) is 14.4 Å². The first kappa shape index (κ1) is 9.39. The van der Waals surface area contributed by atoms with Crippen LogP contribution in [0.25, 0.3) is 0 Å². The van der Waals surface area contributed by atoms with E-state index in [0.29, 0.717) is 4.90 Å². The molecular weight excluding hydrogens is 196 g/mol. The van der Waals surface area contributed by atoms with E-state index >= 15 is 0 Å². The molecule has 0 radical (unpaired) electrons. The molecule has 76 valence electrons. The standard InChI is InChI=1S/C10H8N2O3/c1-5(13)12-9(14)6-3-2-4-7(11)8(6)10(12)15/h2-4H,11H2,1H3. The highest BCUT2D eigenvalue weighted by Gasteiger charge is 2.39. The van der Waals surface area contributed by atoms with E-state index in [1.165, 1.54) is 12.1 Å². The van der Waals surface area contributed by atoms with Crippen LogP contribution in [0.1, 0.15) is 27.6 Å². The maximum Gasteiger partial charge on any atom is 0.270 e. The average Bonchev–Trinajstić information content (AvgIpc) is 2.40. The van der Waals surface area contributed by atoms with Gasteiger partial charge < -0.3 is 5.73 Å². The van der Waals surface area contributed by atoms with Crippen molar-refractivity contribution in [2.45, 2.75) is 6.92 Å². The molecule has 0 saturated heterocycles. The van der Waals surface area contributed by atoms with Gasteiger partial charge in [0.25, 0.3) is 11.8 Å². The number of rotatable bonds is 0. The van der Waals surface area contributed by atoms with Crippen LogP contribution in [0.15, 0.2) is 18.2 Å². The molecule has 0 unspecified atom stereocenters. The minimum Gasteiger partial charge on any atom is -0.398 e. The molecule has 1 aliphatic rings. The number of nitrogens with zero attached hydrogens (tertiary/aromatic N) is 1. The van der Waals surface area contributed by atoms with Crippen molar-refractivity contribution in [3.05, 3.63) is 29.3 Å². The van der Waals surface area contributed by atoms with Gasteiger partial charge in [-0.1, -0.05) is 6.07 Å². The number of carbonyl (C=O) groups is 3. The van der Waals surface area contributed by atoms with Gasteiger partial charge in [-0.05, 0) is 12.1 Å². The fourth-order valence-corrected chi connectivity index (χ4v) is 1.60. The number of hydrogen-bond acceptors (Lipinski definition) is 4. The number of nitrogen functional groups attached to an aromatic ring is 1. The van der Waals surface area contributed by atoms with Crippen molar-refractivity contribution in [1.82, 2.24) is 4.90 Å². The predicted octanol–water partition coefficient (Wildman–Crippen LogP) is 0.411. The molecule has 1 aromatic carbocycles. The average molecular weight is 204 g/mol. The lowest BCUT2D eigenvalue weighted by Gasteiger charge is -2.07. The van der Waals surface area contributed by atoms with Crippen LogP contribution in [0.3, 0.4) is 0 Å². The lowest BCUT2D eigenvalue weighted by atomic mass is 10.1. The molecule has 0 spiro atoms. The van der Waals surface area contributed by atoms with E-state index in [4.69, 9.17) is 5.73 Å². The van der Waals surface area contributed by atoms with E-state index in [0.717, 1.165) is 6.92 Å². The molecule has 0 atom stereocenters. The Morgan fingerprint density at radius 2 is 1.93 bits per heavy atom. The molecule has 15 heavy (non-hydrogen) atoms. The van der Waals surface area contributed by atoms with Crippen molar-refractivity contribution < 1.29 is 14.4 Å². The van der Waals surface area contributed by atoms with Gasteiger partial charge in [-0.2, -0.15) is 0 Å². The number of hydrogen-bond donors (Lipinski definition) is 1. The Kier molecular flexibility index (Phi) is 1.82. The third kappa shape index (κ3) is 1.13. The second-order valence-corrected chi connectivity index (χ2v) is 3.23. The topological polar surface area (TPSA) is 80.5 Å². The van der Waals surface area contributed by atoms with Gasteiger partial charge in [-0.25, -0.2) is 4.90 Å². The molecule has 0 saturated carbocycles. The fourth-order valence-electron chi connectivity index (χ4n) is 1.60. The molecule has 0 fully saturated rings. The zero-order chi connectivity index (χ0) is 11.2. The van der Waals surface area contributed by atoms with Crippen molar-refractivity contribution >= 4 is 23.4 Å². The van der Waals surface area contributed by atoms with E-state index in [1.807, 2.05) is 0 Å². The first-order chi connectivity index (χ1) is 7.04. The van der Waals surface area contributed by atoms with E-state index in [1.54, 1.807) is 6.07 Å². The maximum absolute atomic E-state index is 11.7. The summed E-state index contributed by atoms with van der Waals surface area (Å²) in [4.78, 5) is 35.0. The molecule has 5 heteroatoms. The normalized spacial score (nSPS) is 14.3. The lowest BCUT2D eigenvalue weighted by molar-refractivity contribution is -0.124. The van der Waals surface area contributed by atoms with E-state index in [2.05, 4.69) is 0 Å². The Bertz CT molecular complexity index is 493. The minimum absolute atomic E-state index is 0.123. The number of imide groups is 3. The monoisotopic (exact) mass is 204 g/mol. The second-order valence-electron chi connectivity index (χ2n) is 3.23. The highest BCUT2D eigenvalue weighted by molar-refractivity contribution is 6.30. The van der Waals surface area contributed by atoms with Crippen LogP contribution in [0.2, 0.25) is 0 Å². The summed E-state index contributed by atoms with van der Waals surface area (Å²) in [5.41, 5.74) is 6.11. The number of nitrogens with two attached hydrogens (primary N) is 1. The molecule has 2 N–H and O–H groups in total. The zero-order valence-corrected chi connectivity index (χ0v) is 7.98. The SMILES string of the molecule is CC(=O)N1C(=O)c2cccc(N)c2C1=O. The molecule has 1 aromatic rings. The van der Waals surface area contributed by atoms with Crippen LogP contribution in [-0.2, 0) is 4.79 Å². The van der Waals surface area contributed by atoms with Crippen molar-refractivity contribution in [1.29, 1.82) is 0 Å². The maximum atomic E-state index is 11.7. The van der Waals surface area contributed by atoms with Crippen molar-refractivity contribution in [3.63, 3.8) is 0 Å². The van der Waals surface area contributed by atoms with Crippen LogP contribution in [0, 0.1) is 0 Å². The number of amides is 3. The van der Waals surface area contributed by atoms with Crippen molar-refractivity contribution in [3.8, 4) is 0 Å². The predicted molar refractivity (Wildman–Crippen MR) is 52.0 cm³/mol. The number of fused-ring (bicyclic) bond motifs is 1. The molecule has 5 nitrogen and oxygen atoms in total. The Labute approximate surface area is 85.5 Å². The molecule has 0 bridgehead atoms. The van der Waals surface area contributed by atoms with Crippen LogP contribution >= 0.6 is 0 Å². The van der Waals surface area contributed by atoms with Gasteiger partial charge in [-0.15, -0.1) is 0 Å². The molecule has 3 amide bonds. The van der Waals surface area contributed by atoms with Gasteiger partial charge in [0, 0.05) is 12.6 Å². The van der Waals surface area contributed by atoms with Gasteiger partial charge in [0.2, 0.25) is 5.91 Å². The molecule has 2 rings (SSSR count). The third-order valence-electron chi connectivity index (χ3n) is 2.26. The Balaban J connectivity index is 2.66. The quantitative estimate of drug-likeness (QED) is 0.490. The van der Waals surface area contributed by atoms with Crippen molar-refractivity contribution in [2.75, 3.05) is 5.73 Å². The Morgan fingerprint density at radius 3 is 2.47 bits per heavy atom. The van der Waals surface area contributed by atoms with E-state index in [-0.39, 0.29) is 16.8 Å². The van der Waals surface area contributed by atoms with Crippen LogP contribution in [0.4, 0.5) is 5.69 Å². The zero-order valence-electron chi connectivity index (χ0n) is 7.98. The number of anilines is 1. The summed E-state index contributed by atoms with van der Waals surface area (Å²) in [6, 6.07) is 4.57. The summed E-state index contributed by atoms with van der Waals surface area (Å²) in [6.07, 6.45) is 0. The first-order valence-corrected chi connectivity index (χ1v) is 4.32. The summed E-state index contributed by atoms with van der Waals surface area (Å²) in [7, 11) is 0. The molecular formula is C10H8N2O3. The van der Waals surface area contributed by atoms with Gasteiger partial charge in [0.15, 0.2) is 0 Å². The third-order valence-corrected chi connectivity index (χ3v) is 2.26. The summed E-state index contributed by atoms with van der Waals surface area (Å²) in [6.45, 7) is 1.16. The van der Waals surface area contributed by atoms with Crippen molar-refractivity contribution in [2.24, 2.45) is 0 Å². The summed E-state index contributed by atoms with van der Waals surface area (Å²) < 4.78 is 0. The van der Waals surface area contributed by atoms with Gasteiger partial charge in [0.1, 0.15) is 0 Å². The molecule has 1 aliphatic heterocycles. The first-order valence-electron chi connectivity index (χ1n) is 4.32. The van der Waals surface area contributed by atoms with Crippen LogP contribution < -0.4 is 5.73 Å². The van der Waals surface area contributed by atoms with Crippen LogP contribution in [-0.4, -0.2) is 22.6 Å². The molecule has 0 aromatic heterocycles. The molecule has 0 aliphatic carbocycles. The molecule has 1 heterocycles. The fraction of sp³-hybridized carbons (Fsp3) is 0.100. The van der Waals surface area contributed by atoms with E-state index in [9.17, 15) is 14.4 Å². The highest BCUT2D eigenvalue weighted by atomic mass is 16.2. The van der Waals surface area contributed by atoms with E-state index < -0.39 is 17.7 Å². The highest BCUT2D eigenvalue weighted by Crippen LogP contribution is 2.27. The lowest BCUT2D eigenvalue weighted by Crippen LogP contribution is -2.34. The Hall–Kier alpha value is -2.17. The summed E-state index contributed by atoms with van der Waals surface area (Å²) >= 11 is 0. The number of benzene rings is 1. The second kappa shape index (κ2) is 2.91. The number of carbonyl (C=O) groups excluding carboxylic acids is 3.